The number of nitrogens with one attached hydrogen (secondary N) is 2. The Hall–Kier alpha value is -2.77. The normalized spacial score (nSPS) is 13.4. The largest absolute Gasteiger partial charge is 0.481 e. The molecule has 2 atom stereocenters. The maximum absolute atomic E-state index is 12.1. The Kier molecular flexibility index (Phi) is 4.27. The molecule has 1 heterocycles. The minimum atomic E-state index is -0.955. The van der Waals surface area contributed by atoms with Crippen molar-refractivity contribution in [3.05, 3.63) is 29.8 Å². The fourth-order valence-corrected chi connectivity index (χ4v) is 1.71. The van der Waals surface area contributed by atoms with Gasteiger partial charge in [0.2, 0.25) is 5.82 Å². The van der Waals surface area contributed by atoms with Crippen LogP contribution in [0.5, 0.6) is 0 Å². The van der Waals surface area contributed by atoms with Gasteiger partial charge in [0.15, 0.2) is 0 Å². The lowest BCUT2D eigenvalue weighted by Gasteiger charge is -2.17. The van der Waals surface area contributed by atoms with Crippen molar-refractivity contribution >= 4 is 11.9 Å². The zero-order chi connectivity index (χ0) is 15.4. The molecule has 1 aromatic heterocycles. The molecular weight excluding hydrogens is 274 g/mol. The molecule has 8 heteroatoms. The number of benzene rings is 1. The maximum atomic E-state index is 12.1. The second-order valence-corrected chi connectivity index (χ2v) is 4.71. The number of carboxylic acids is 1. The van der Waals surface area contributed by atoms with E-state index in [1.165, 1.54) is 0 Å². The zero-order valence-corrected chi connectivity index (χ0v) is 11.6. The molecule has 0 radical (unpaired) electrons. The quantitative estimate of drug-likeness (QED) is 0.745. The zero-order valence-electron chi connectivity index (χ0n) is 11.6. The average molecular weight is 289 g/mol. The molecule has 0 bridgehead atoms. The van der Waals surface area contributed by atoms with E-state index in [0.29, 0.717) is 17.0 Å². The predicted octanol–water partition coefficient (Wildman–Crippen LogP) is 0.706. The molecule has 110 valence electrons. The lowest BCUT2D eigenvalue weighted by molar-refractivity contribution is -0.141. The minimum absolute atomic E-state index is 0.346. The molecule has 3 N–H and O–H groups in total. The van der Waals surface area contributed by atoms with Crippen molar-refractivity contribution in [1.82, 2.24) is 25.9 Å². The van der Waals surface area contributed by atoms with E-state index in [1.54, 1.807) is 38.1 Å². The van der Waals surface area contributed by atoms with Gasteiger partial charge in [0, 0.05) is 17.2 Å². The SMILES string of the molecule is CC(NC(=O)c1cccc(-c2nn[nH]n2)c1)C(C)C(=O)O. The number of nitrogens with zero attached hydrogens (tertiary/aromatic N) is 3. The van der Waals surface area contributed by atoms with Crippen LogP contribution < -0.4 is 5.32 Å². The van der Waals surface area contributed by atoms with Crippen molar-refractivity contribution < 1.29 is 14.7 Å². The van der Waals surface area contributed by atoms with Crippen LogP contribution in [0.4, 0.5) is 0 Å². The average Bonchev–Trinajstić information content (AvgIpc) is 3.00. The van der Waals surface area contributed by atoms with E-state index in [-0.39, 0.29) is 5.91 Å². The number of aromatic nitrogens is 4. The summed E-state index contributed by atoms with van der Waals surface area (Å²) in [6.07, 6.45) is 0. The summed E-state index contributed by atoms with van der Waals surface area (Å²) in [5.41, 5.74) is 1.05. The van der Waals surface area contributed by atoms with Crippen LogP contribution in [-0.2, 0) is 4.79 Å². The molecule has 0 saturated heterocycles. The number of hydrogen-bond acceptors (Lipinski definition) is 5. The topological polar surface area (TPSA) is 121 Å². The Morgan fingerprint density at radius 3 is 2.71 bits per heavy atom. The summed E-state index contributed by atoms with van der Waals surface area (Å²) < 4.78 is 0. The molecule has 0 fully saturated rings. The summed E-state index contributed by atoms with van der Waals surface area (Å²) in [5.74, 6) is -1.59. The summed E-state index contributed by atoms with van der Waals surface area (Å²) in [6.45, 7) is 3.20. The van der Waals surface area contributed by atoms with E-state index < -0.39 is 17.9 Å². The number of amides is 1. The van der Waals surface area contributed by atoms with Crippen LogP contribution >= 0.6 is 0 Å². The lowest BCUT2D eigenvalue weighted by atomic mass is 10.0. The number of aromatic amines is 1. The second-order valence-electron chi connectivity index (χ2n) is 4.71. The van der Waals surface area contributed by atoms with Gasteiger partial charge in [-0.05, 0) is 31.2 Å². The van der Waals surface area contributed by atoms with Crippen LogP contribution in [0.15, 0.2) is 24.3 Å². The number of rotatable bonds is 5. The van der Waals surface area contributed by atoms with Gasteiger partial charge in [-0.3, -0.25) is 9.59 Å². The third-order valence-corrected chi connectivity index (χ3v) is 3.23. The van der Waals surface area contributed by atoms with E-state index in [1.807, 2.05) is 0 Å². The van der Waals surface area contributed by atoms with Crippen LogP contribution in [0.1, 0.15) is 24.2 Å². The van der Waals surface area contributed by atoms with Gasteiger partial charge in [-0.1, -0.05) is 12.1 Å². The highest BCUT2D eigenvalue weighted by Crippen LogP contribution is 2.15. The van der Waals surface area contributed by atoms with Crippen LogP contribution in [0.25, 0.3) is 11.4 Å². The van der Waals surface area contributed by atoms with E-state index >= 15 is 0 Å². The van der Waals surface area contributed by atoms with Crippen molar-refractivity contribution in [2.45, 2.75) is 19.9 Å². The molecule has 0 saturated carbocycles. The molecule has 2 aromatic rings. The van der Waals surface area contributed by atoms with E-state index in [0.717, 1.165) is 0 Å². The first kappa shape index (κ1) is 14.6. The first-order valence-corrected chi connectivity index (χ1v) is 6.36. The number of carbonyl (C=O) groups is 2. The molecule has 0 spiro atoms. The summed E-state index contributed by atoms with van der Waals surface area (Å²) in [4.78, 5) is 23.0. The molecule has 0 aliphatic heterocycles. The standard InChI is InChI=1S/C13H15N5O3/c1-7(13(20)21)8(2)14-12(19)10-5-3-4-9(6-10)11-15-17-18-16-11/h3-8H,1-2H3,(H,14,19)(H,20,21)(H,15,16,17,18). The van der Waals surface area contributed by atoms with Crippen LogP contribution in [0, 0.1) is 5.92 Å². The first-order valence-electron chi connectivity index (χ1n) is 6.36. The van der Waals surface area contributed by atoms with Gasteiger partial charge >= 0.3 is 5.97 Å². The maximum Gasteiger partial charge on any atom is 0.308 e. The van der Waals surface area contributed by atoms with Gasteiger partial charge in [-0.2, -0.15) is 5.21 Å². The molecule has 0 aliphatic carbocycles. The van der Waals surface area contributed by atoms with Crippen LogP contribution in [-0.4, -0.2) is 43.6 Å². The fraction of sp³-hybridized carbons (Fsp3) is 0.308. The first-order chi connectivity index (χ1) is 9.99. The number of H-pyrrole nitrogens is 1. The van der Waals surface area contributed by atoms with Crippen molar-refractivity contribution in [3.63, 3.8) is 0 Å². The fourth-order valence-electron chi connectivity index (χ4n) is 1.71. The number of hydrogen-bond donors (Lipinski definition) is 3. The number of carbonyl (C=O) groups excluding carboxylic acids is 1. The Morgan fingerprint density at radius 2 is 2.10 bits per heavy atom. The number of aliphatic carboxylic acids is 1. The van der Waals surface area contributed by atoms with E-state index in [2.05, 4.69) is 25.9 Å². The molecule has 1 aromatic carbocycles. The second kappa shape index (κ2) is 6.12. The van der Waals surface area contributed by atoms with E-state index in [9.17, 15) is 9.59 Å². The Bertz CT molecular complexity index is 641. The van der Waals surface area contributed by atoms with Crippen LogP contribution in [0.2, 0.25) is 0 Å². The summed E-state index contributed by atoms with van der Waals surface area (Å²) in [6, 6.07) is 6.23. The van der Waals surface area contributed by atoms with Gasteiger partial charge in [0.1, 0.15) is 0 Å². The van der Waals surface area contributed by atoms with Gasteiger partial charge in [-0.25, -0.2) is 0 Å². The van der Waals surface area contributed by atoms with Crippen molar-refractivity contribution in [3.8, 4) is 11.4 Å². The molecule has 1 amide bonds. The number of carboxylic acid groups (broad SMARTS) is 1. The summed E-state index contributed by atoms with van der Waals surface area (Å²) in [5, 5.41) is 25.1. The Morgan fingerprint density at radius 1 is 1.33 bits per heavy atom. The third-order valence-electron chi connectivity index (χ3n) is 3.23. The van der Waals surface area contributed by atoms with Crippen LogP contribution in [0.3, 0.4) is 0 Å². The molecule has 21 heavy (non-hydrogen) atoms. The lowest BCUT2D eigenvalue weighted by Crippen LogP contribution is -2.40. The molecule has 2 rings (SSSR count). The number of tetrazole rings is 1. The summed E-state index contributed by atoms with van der Waals surface area (Å²) in [7, 11) is 0. The Balaban J connectivity index is 2.13. The monoisotopic (exact) mass is 289 g/mol. The van der Waals surface area contributed by atoms with E-state index in [4.69, 9.17) is 5.11 Å². The molecular formula is C13H15N5O3. The van der Waals surface area contributed by atoms with Gasteiger partial charge in [0.05, 0.1) is 5.92 Å². The van der Waals surface area contributed by atoms with Gasteiger partial charge in [0.25, 0.3) is 5.91 Å². The highest BCUT2D eigenvalue weighted by molar-refractivity contribution is 5.95. The molecule has 8 nitrogen and oxygen atoms in total. The molecule has 2 unspecified atom stereocenters. The Labute approximate surface area is 120 Å². The smallest absolute Gasteiger partial charge is 0.308 e. The summed E-state index contributed by atoms with van der Waals surface area (Å²) >= 11 is 0. The van der Waals surface area contributed by atoms with Crippen molar-refractivity contribution in [2.24, 2.45) is 5.92 Å². The minimum Gasteiger partial charge on any atom is -0.481 e. The van der Waals surface area contributed by atoms with Gasteiger partial charge in [-0.15, -0.1) is 10.2 Å². The van der Waals surface area contributed by atoms with Gasteiger partial charge < -0.3 is 10.4 Å². The van der Waals surface area contributed by atoms with Crippen molar-refractivity contribution in [1.29, 1.82) is 0 Å². The third kappa shape index (κ3) is 3.41. The highest BCUT2D eigenvalue weighted by Gasteiger charge is 2.21. The highest BCUT2D eigenvalue weighted by atomic mass is 16.4. The van der Waals surface area contributed by atoms with Crippen molar-refractivity contribution in [2.75, 3.05) is 0 Å². The molecule has 0 aliphatic rings. The predicted molar refractivity (Wildman–Crippen MR) is 73.3 cm³/mol.